The number of hydrogen-bond donors (Lipinski definition) is 6. The van der Waals surface area contributed by atoms with Crippen molar-refractivity contribution >= 4 is 23.5 Å². The van der Waals surface area contributed by atoms with Crippen molar-refractivity contribution in [3.63, 3.8) is 0 Å². The second kappa shape index (κ2) is 9.04. The van der Waals surface area contributed by atoms with Crippen LogP contribution in [0.1, 0.15) is 5.56 Å². The van der Waals surface area contributed by atoms with Gasteiger partial charge in [0.25, 0.3) is 0 Å². The van der Waals surface area contributed by atoms with Gasteiger partial charge in [0.05, 0.1) is 19.9 Å². The maximum Gasteiger partial charge on any atom is 0.189 e. The molecule has 1 saturated heterocycles. The van der Waals surface area contributed by atoms with E-state index in [1.165, 1.54) is 6.21 Å². The van der Waals surface area contributed by atoms with Crippen molar-refractivity contribution in [1.29, 1.82) is 0 Å². The Morgan fingerprint density at radius 2 is 1.92 bits per heavy atom. The molecule has 138 valence electrons. The van der Waals surface area contributed by atoms with Crippen LogP contribution in [0, 0.1) is 0 Å². The molecule has 10 heteroatoms. The molecule has 0 saturated carbocycles. The van der Waals surface area contributed by atoms with Gasteiger partial charge in [-0.2, -0.15) is 5.10 Å². The lowest BCUT2D eigenvalue weighted by Gasteiger charge is -2.40. The molecule has 9 nitrogen and oxygen atoms in total. The minimum Gasteiger partial charge on any atom is -0.497 e. The van der Waals surface area contributed by atoms with Crippen LogP contribution in [0.2, 0.25) is 0 Å². The van der Waals surface area contributed by atoms with Crippen LogP contribution in [0.3, 0.4) is 0 Å². The van der Waals surface area contributed by atoms with E-state index >= 15 is 0 Å². The molecular weight excluding hydrogens is 350 g/mol. The first-order valence-electron chi connectivity index (χ1n) is 7.50. The van der Waals surface area contributed by atoms with Crippen LogP contribution in [0.25, 0.3) is 0 Å². The summed E-state index contributed by atoms with van der Waals surface area (Å²) in [6.07, 6.45) is -4.92. The number of thiocarbonyl (C=S) groups is 1. The van der Waals surface area contributed by atoms with Gasteiger partial charge in [-0.3, -0.25) is 5.43 Å². The molecule has 1 aromatic rings. The summed E-state index contributed by atoms with van der Waals surface area (Å²) >= 11 is 5.03. The molecule has 1 aromatic carbocycles. The Morgan fingerprint density at radius 3 is 2.52 bits per heavy atom. The summed E-state index contributed by atoms with van der Waals surface area (Å²) in [4.78, 5) is 0. The fraction of sp³-hybridized carbons (Fsp3) is 0.467. The van der Waals surface area contributed by atoms with E-state index in [2.05, 4.69) is 15.8 Å². The van der Waals surface area contributed by atoms with Crippen molar-refractivity contribution in [2.45, 2.75) is 30.6 Å². The largest absolute Gasteiger partial charge is 0.497 e. The SMILES string of the molecule is COc1ccc(/C=N/NC(=S)N[C@@H]2O[C@H](CO)[C@@H](O)[C@H](O)[C@H]2O)cc1. The second-order valence-electron chi connectivity index (χ2n) is 5.37. The molecule has 2 rings (SSSR count). The highest BCUT2D eigenvalue weighted by atomic mass is 32.1. The van der Waals surface area contributed by atoms with E-state index in [1.54, 1.807) is 31.4 Å². The normalized spacial score (nSPS) is 29.4. The van der Waals surface area contributed by atoms with Gasteiger partial charge >= 0.3 is 0 Å². The highest BCUT2D eigenvalue weighted by Crippen LogP contribution is 2.19. The molecule has 0 unspecified atom stereocenters. The van der Waals surface area contributed by atoms with Gasteiger partial charge in [-0.25, -0.2) is 0 Å². The number of benzene rings is 1. The van der Waals surface area contributed by atoms with Crippen molar-refractivity contribution in [1.82, 2.24) is 10.7 Å². The van der Waals surface area contributed by atoms with Crippen molar-refractivity contribution in [3.05, 3.63) is 29.8 Å². The van der Waals surface area contributed by atoms with E-state index in [9.17, 15) is 15.3 Å². The van der Waals surface area contributed by atoms with Gasteiger partial charge < -0.3 is 35.2 Å². The van der Waals surface area contributed by atoms with E-state index in [-0.39, 0.29) is 5.11 Å². The third-order valence-corrected chi connectivity index (χ3v) is 3.87. The molecule has 0 aromatic heterocycles. The number of hydrogen-bond acceptors (Lipinski definition) is 8. The fourth-order valence-corrected chi connectivity index (χ4v) is 2.41. The van der Waals surface area contributed by atoms with Crippen LogP contribution in [0.15, 0.2) is 29.4 Å². The smallest absolute Gasteiger partial charge is 0.189 e. The Labute approximate surface area is 149 Å². The number of hydrazone groups is 1. The standard InChI is InChI=1S/C15H21N3O6S/c1-23-9-4-2-8(3-5-9)6-16-18-15(25)17-14-13(22)12(21)11(20)10(7-19)24-14/h2-6,10-14,19-22H,7H2,1H3,(H2,17,18,25)/b16-6+/t10-,11-,12+,13-,14-/m1/s1. The minimum atomic E-state index is -1.48. The molecule has 1 heterocycles. The van der Waals surface area contributed by atoms with Crippen molar-refractivity contribution in [2.24, 2.45) is 5.10 Å². The van der Waals surface area contributed by atoms with Crippen LogP contribution in [0.5, 0.6) is 5.75 Å². The fourth-order valence-electron chi connectivity index (χ4n) is 2.24. The zero-order valence-electron chi connectivity index (χ0n) is 13.4. The lowest BCUT2D eigenvalue weighted by molar-refractivity contribution is -0.232. The van der Waals surface area contributed by atoms with Gasteiger partial charge in [-0.05, 0) is 42.0 Å². The Bertz CT molecular complexity index is 597. The first kappa shape index (κ1) is 19.5. The summed E-state index contributed by atoms with van der Waals surface area (Å²) < 4.78 is 10.3. The predicted octanol–water partition coefficient (Wildman–Crippen LogP) is -1.71. The number of rotatable bonds is 5. The third kappa shape index (κ3) is 5.08. The highest BCUT2D eigenvalue weighted by molar-refractivity contribution is 7.80. The number of aliphatic hydroxyl groups is 4. The maximum atomic E-state index is 9.91. The number of methoxy groups -OCH3 is 1. The van der Waals surface area contributed by atoms with Crippen molar-refractivity contribution in [3.8, 4) is 5.75 Å². The number of nitrogens with zero attached hydrogens (tertiary/aromatic N) is 1. The summed E-state index contributed by atoms with van der Waals surface area (Å²) in [5.74, 6) is 0.727. The zero-order valence-corrected chi connectivity index (χ0v) is 14.3. The molecule has 6 N–H and O–H groups in total. The van der Waals surface area contributed by atoms with Crippen LogP contribution in [-0.2, 0) is 4.74 Å². The Hall–Kier alpha value is -1.82. The van der Waals surface area contributed by atoms with Gasteiger partial charge in [0.1, 0.15) is 30.2 Å². The summed E-state index contributed by atoms with van der Waals surface area (Å²) in [5.41, 5.74) is 3.36. The quantitative estimate of drug-likeness (QED) is 0.203. The first-order chi connectivity index (χ1) is 12.0. The van der Waals surface area contributed by atoms with E-state index in [1.807, 2.05) is 0 Å². The summed E-state index contributed by atoms with van der Waals surface area (Å²) in [6.45, 7) is -0.515. The molecule has 0 aliphatic carbocycles. The van der Waals surface area contributed by atoms with Gasteiger partial charge in [0.2, 0.25) is 0 Å². The summed E-state index contributed by atoms with van der Waals surface area (Å²) in [6, 6.07) is 7.17. The summed E-state index contributed by atoms with van der Waals surface area (Å²) in [5, 5.41) is 45.1. The summed E-state index contributed by atoms with van der Waals surface area (Å²) in [7, 11) is 1.58. The minimum absolute atomic E-state index is 0.0362. The molecule has 0 bridgehead atoms. The monoisotopic (exact) mass is 371 g/mol. The molecule has 5 atom stereocenters. The van der Waals surface area contributed by atoms with E-state index in [4.69, 9.17) is 26.8 Å². The third-order valence-electron chi connectivity index (χ3n) is 3.66. The molecule has 0 spiro atoms. The average Bonchev–Trinajstić information content (AvgIpc) is 2.62. The molecule has 1 aliphatic rings. The number of aliphatic hydroxyl groups excluding tert-OH is 4. The van der Waals surface area contributed by atoms with Crippen LogP contribution >= 0.6 is 12.2 Å². The molecule has 0 radical (unpaired) electrons. The lowest BCUT2D eigenvalue weighted by Crippen LogP contribution is -2.63. The van der Waals surface area contributed by atoms with Crippen molar-refractivity contribution in [2.75, 3.05) is 13.7 Å². The van der Waals surface area contributed by atoms with E-state index in [0.717, 1.165) is 11.3 Å². The molecule has 1 aliphatic heterocycles. The van der Waals surface area contributed by atoms with Crippen LogP contribution < -0.4 is 15.5 Å². The van der Waals surface area contributed by atoms with E-state index in [0.29, 0.717) is 0 Å². The van der Waals surface area contributed by atoms with Gasteiger partial charge in [0, 0.05) is 0 Å². The maximum absolute atomic E-state index is 9.91. The van der Waals surface area contributed by atoms with Crippen molar-refractivity contribution < 1.29 is 29.9 Å². The molecule has 0 amide bonds. The Morgan fingerprint density at radius 1 is 1.24 bits per heavy atom. The molecule has 25 heavy (non-hydrogen) atoms. The topological polar surface area (TPSA) is 136 Å². The zero-order chi connectivity index (χ0) is 18.4. The number of nitrogens with one attached hydrogen (secondary N) is 2. The van der Waals surface area contributed by atoms with Gasteiger partial charge in [-0.15, -0.1) is 0 Å². The average molecular weight is 371 g/mol. The highest BCUT2D eigenvalue weighted by Gasteiger charge is 2.43. The lowest BCUT2D eigenvalue weighted by atomic mass is 9.98. The Kier molecular flexibility index (Phi) is 7.05. The van der Waals surface area contributed by atoms with Gasteiger partial charge in [-0.1, -0.05) is 0 Å². The first-order valence-corrected chi connectivity index (χ1v) is 7.91. The second-order valence-corrected chi connectivity index (χ2v) is 5.77. The molecule has 1 fully saturated rings. The number of ether oxygens (including phenoxy) is 2. The van der Waals surface area contributed by atoms with Crippen LogP contribution in [-0.4, -0.2) is 76.1 Å². The van der Waals surface area contributed by atoms with Crippen LogP contribution in [0.4, 0.5) is 0 Å². The predicted molar refractivity (Wildman–Crippen MR) is 93.2 cm³/mol. The molecular formula is C15H21N3O6S. The Balaban J connectivity index is 1.87. The van der Waals surface area contributed by atoms with E-state index < -0.39 is 37.3 Å². The van der Waals surface area contributed by atoms with Gasteiger partial charge in [0.15, 0.2) is 11.3 Å².